The molecule has 61 heavy (non-hydrogen) atoms. The number of fused-ring (bicyclic) bond motifs is 2. The Morgan fingerprint density at radius 2 is 1.72 bits per heavy atom. The first kappa shape index (κ1) is 39.8. The number of imide groups is 1. The quantitative estimate of drug-likeness (QED) is 0.138. The van der Waals surface area contributed by atoms with E-state index in [1.807, 2.05) is 18.3 Å². The smallest absolute Gasteiger partial charge is 0.329 e. The summed E-state index contributed by atoms with van der Waals surface area (Å²) in [6.07, 6.45) is 15.1. The lowest BCUT2D eigenvalue weighted by atomic mass is 9.56. The zero-order chi connectivity index (χ0) is 41.8. The zero-order valence-electron chi connectivity index (χ0n) is 34.3. The van der Waals surface area contributed by atoms with Crippen LogP contribution in [0.25, 0.3) is 21.9 Å². The van der Waals surface area contributed by atoms with Gasteiger partial charge in [-0.3, -0.25) is 24.7 Å². The van der Waals surface area contributed by atoms with E-state index in [1.54, 1.807) is 41.9 Å². The molecule has 2 N–H and O–H groups in total. The van der Waals surface area contributed by atoms with Crippen molar-refractivity contribution in [2.45, 2.75) is 107 Å². The minimum atomic E-state index is -0.593. The number of halogens is 2. The van der Waals surface area contributed by atoms with Gasteiger partial charge in [0.25, 0.3) is 0 Å². The number of anilines is 2. The summed E-state index contributed by atoms with van der Waals surface area (Å²) in [6, 6.07) is 13.8. The Morgan fingerprint density at radius 3 is 2.48 bits per heavy atom. The number of amides is 3. The number of aromatic nitrogens is 4. The van der Waals surface area contributed by atoms with Crippen molar-refractivity contribution in [1.82, 2.24) is 30.0 Å². The molecule has 1 spiro atoms. The maximum absolute atomic E-state index is 15.8. The molecule has 0 atom stereocenters. The summed E-state index contributed by atoms with van der Waals surface area (Å²) in [5.74, 6) is -0.0497. The second-order valence-electron chi connectivity index (χ2n) is 17.8. The number of piperidine rings is 1. The van der Waals surface area contributed by atoms with Gasteiger partial charge in [0.1, 0.15) is 23.2 Å². The Morgan fingerprint density at radius 1 is 0.934 bits per heavy atom. The number of carbonyl (C=O) groups is 2. The monoisotopic (exact) mass is 845 g/mol. The van der Waals surface area contributed by atoms with Crippen LogP contribution in [0.4, 0.5) is 25.1 Å². The Hall–Kier alpha value is -5.33. The fourth-order valence-electron chi connectivity index (χ4n) is 10.7. The van der Waals surface area contributed by atoms with Crippen molar-refractivity contribution in [1.29, 1.82) is 5.26 Å². The van der Waals surface area contributed by atoms with Gasteiger partial charge in [-0.05, 0) is 143 Å². The van der Waals surface area contributed by atoms with Crippen molar-refractivity contribution in [3.63, 3.8) is 0 Å². The molecule has 2 aromatic heterocycles. The number of ether oxygens (including phenoxy) is 1. The SMILES string of the molecule is Cn1nc(N2CCC(=O)NC2=O)c2cc(F)c(C3CCC(N4CCC5(CC4)CC(c4cnc6ccc(Oc7c(F)ccc(NSC8CCCC8)c7C#N)cc6n4)C5)CC3)cc21. The highest BCUT2D eigenvalue weighted by Crippen LogP contribution is 2.57. The summed E-state index contributed by atoms with van der Waals surface area (Å²) >= 11 is 1.59. The van der Waals surface area contributed by atoms with Crippen LogP contribution in [0.3, 0.4) is 0 Å². The highest BCUT2D eigenvalue weighted by atomic mass is 32.2. The molecular weight excluding hydrogens is 797 g/mol. The molecule has 5 aromatic rings. The van der Waals surface area contributed by atoms with E-state index < -0.39 is 11.8 Å². The largest absolute Gasteiger partial charge is 0.453 e. The average molecular weight is 846 g/mol. The van der Waals surface area contributed by atoms with Gasteiger partial charge < -0.3 is 14.4 Å². The number of nitriles is 1. The van der Waals surface area contributed by atoms with Crippen molar-refractivity contribution in [3.8, 4) is 17.6 Å². The van der Waals surface area contributed by atoms with E-state index in [2.05, 4.69) is 26.1 Å². The molecule has 3 aromatic carbocycles. The molecule has 0 radical (unpaired) electrons. The molecule has 3 saturated carbocycles. The van der Waals surface area contributed by atoms with Crippen LogP contribution in [0.2, 0.25) is 0 Å². The summed E-state index contributed by atoms with van der Waals surface area (Å²) < 4.78 is 41.9. The molecule has 15 heteroatoms. The summed E-state index contributed by atoms with van der Waals surface area (Å²) in [5, 5.41) is 17.9. The van der Waals surface area contributed by atoms with Gasteiger partial charge in [-0.1, -0.05) is 12.8 Å². The van der Waals surface area contributed by atoms with Gasteiger partial charge in [0.15, 0.2) is 17.4 Å². The summed E-state index contributed by atoms with van der Waals surface area (Å²) in [6.45, 7) is 2.35. The van der Waals surface area contributed by atoms with Crippen LogP contribution in [-0.4, -0.2) is 67.5 Å². The van der Waals surface area contributed by atoms with E-state index in [-0.39, 0.29) is 41.9 Å². The number of rotatable bonds is 9. The van der Waals surface area contributed by atoms with Crippen molar-refractivity contribution in [2.24, 2.45) is 12.5 Å². The summed E-state index contributed by atoms with van der Waals surface area (Å²) in [5.41, 5.74) is 4.87. The van der Waals surface area contributed by atoms with Crippen LogP contribution in [0.5, 0.6) is 11.5 Å². The van der Waals surface area contributed by atoms with Crippen molar-refractivity contribution < 1.29 is 23.1 Å². The number of benzene rings is 3. The summed E-state index contributed by atoms with van der Waals surface area (Å²) in [7, 11) is 1.80. The third-order valence-corrected chi connectivity index (χ3v) is 15.3. The molecule has 2 saturated heterocycles. The Kier molecular flexibility index (Phi) is 10.5. The number of aryl methyl sites for hydroxylation is 1. The first-order chi connectivity index (χ1) is 29.6. The third-order valence-electron chi connectivity index (χ3n) is 14.2. The number of likely N-dealkylation sites (tertiary alicyclic amines) is 1. The van der Waals surface area contributed by atoms with Crippen LogP contribution >= 0.6 is 11.9 Å². The van der Waals surface area contributed by atoms with Gasteiger partial charge in [-0.2, -0.15) is 10.4 Å². The number of nitrogens with zero attached hydrogens (tertiary/aromatic N) is 7. The predicted octanol–water partition coefficient (Wildman–Crippen LogP) is 9.59. The first-order valence-corrected chi connectivity index (χ1v) is 22.6. The molecule has 3 aliphatic carbocycles. The van der Waals surface area contributed by atoms with E-state index in [0.29, 0.717) is 56.3 Å². The minimum Gasteiger partial charge on any atom is -0.453 e. The second kappa shape index (κ2) is 16.2. The van der Waals surface area contributed by atoms with Crippen LogP contribution < -0.4 is 19.7 Å². The van der Waals surface area contributed by atoms with E-state index in [1.165, 1.54) is 29.9 Å². The highest BCUT2D eigenvalue weighted by molar-refractivity contribution is 8.01. The molecule has 12 nitrogen and oxygen atoms in total. The number of nitrogens with one attached hydrogen (secondary N) is 2. The van der Waals surface area contributed by atoms with E-state index in [9.17, 15) is 14.9 Å². The van der Waals surface area contributed by atoms with E-state index in [0.717, 1.165) is 94.0 Å². The zero-order valence-corrected chi connectivity index (χ0v) is 35.1. The Bertz CT molecular complexity index is 2570. The molecule has 2 aliphatic heterocycles. The third kappa shape index (κ3) is 7.66. The molecule has 4 heterocycles. The van der Waals surface area contributed by atoms with Crippen LogP contribution in [-0.2, 0) is 11.8 Å². The number of urea groups is 1. The summed E-state index contributed by atoms with van der Waals surface area (Å²) in [4.78, 5) is 38.0. The van der Waals surface area contributed by atoms with Gasteiger partial charge in [-0.15, -0.1) is 0 Å². The van der Waals surface area contributed by atoms with Crippen molar-refractivity contribution in [3.05, 3.63) is 77.1 Å². The molecule has 5 aliphatic rings. The van der Waals surface area contributed by atoms with Gasteiger partial charge in [0.05, 0.1) is 27.9 Å². The maximum atomic E-state index is 15.8. The van der Waals surface area contributed by atoms with Crippen LogP contribution in [0.1, 0.15) is 112 Å². The highest BCUT2D eigenvalue weighted by Gasteiger charge is 2.47. The predicted molar refractivity (Wildman–Crippen MR) is 231 cm³/mol. The fraction of sp³-hybridized carbons (Fsp3) is 0.478. The topological polar surface area (TPSA) is 141 Å². The molecule has 0 unspecified atom stereocenters. The van der Waals surface area contributed by atoms with Gasteiger partial charge in [0, 0.05) is 54.9 Å². The molecule has 5 fully saturated rings. The lowest BCUT2D eigenvalue weighted by Gasteiger charge is -2.53. The number of carbonyl (C=O) groups excluding carboxylic acids is 2. The lowest BCUT2D eigenvalue weighted by molar-refractivity contribution is -0.120. The van der Waals surface area contributed by atoms with Gasteiger partial charge in [0.2, 0.25) is 5.91 Å². The van der Waals surface area contributed by atoms with Gasteiger partial charge >= 0.3 is 6.03 Å². The van der Waals surface area contributed by atoms with Crippen molar-refractivity contribution in [2.75, 3.05) is 29.3 Å². The Labute approximate surface area is 357 Å². The Balaban J connectivity index is 0.740. The average Bonchev–Trinajstić information content (AvgIpc) is 3.90. The molecular formula is C46H49F2N9O3S. The fourth-order valence-corrected chi connectivity index (χ4v) is 11.7. The second-order valence-corrected chi connectivity index (χ2v) is 18.9. The number of hydrogen-bond donors (Lipinski definition) is 2. The van der Waals surface area contributed by atoms with Crippen LogP contribution in [0, 0.1) is 28.4 Å². The minimum absolute atomic E-state index is 0.0954. The van der Waals surface area contributed by atoms with E-state index in [4.69, 9.17) is 14.7 Å². The van der Waals surface area contributed by atoms with E-state index >= 15 is 8.78 Å². The molecule has 10 rings (SSSR count). The number of hydrogen-bond acceptors (Lipinski definition) is 10. The molecule has 0 bridgehead atoms. The first-order valence-electron chi connectivity index (χ1n) is 21.7. The van der Waals surface area contributed by atoms with Crippen LogP contribution in [0.15, 0.2) is 48.7 Å². The maximum Gasteiger partial charge on any atom is 0.329 e. The molecule has 3 amide bonds. The molecule has 316 valence electrons. The van der Waals surface area contributed by atoms with Crippen molar-refractivity contribution >= 4 is 57.3 Å². The standard InChI is InChI=1S/C46H49F2N9O3S/c1-55-41-22-32(36(48)21-33(41)44(53-55)57-17-14-42(58)52-45(57)59)27-6-8-29(9-7-27)56-18-15-46(16-19-56)23-28(24-46)40-26-50-38-12-10-30(20-39(38)51-40)60-43-34(25-49)37(13-11-35(43)47)54-61-31-4-2-3-5-31/h10-13,20-22,26-29,31,54H,2-9,14-19,23-24H2,1H3,(H,52,58,59). The lowest BCUT2D eigenvalue weighted by Crippen LogP contribution is -2.50. The van der Waals surface area contributed by atoms with Gasteiger partial charge in [-0.25, -0.2) is 18.6 Å². The normalized spacial score (nSPS) is 22.4.